The van der Waals surface area contributed by atoms with Gasteiger partial charge in [-0.3, -0.25) is 0 Å². The van der Waals surface area contributed by atoms with Crippen molar-refractivity contribution in [3.05, 3.63) is 127 Å². The molecule has 0 saturated heterocycles. The van der Waals surface area contributed by atoms with Crippen molar-refractivity contribution in [3.8, 4) is 5.69 Å². The van der Waals surface area contributed by atoms with Crippen LogP contribution in [-0.2, 0) is 21.6 Å². The van der Waals surface area contributed by atoms with Gasteiger partial charge in [0.25, 0.3) is 0 Å². The zero-order valence-corrected chi connectivity index (χ0v) is 20.3. The Morgan fingerprint density at radius 3 is 1.26 bits per heavy atom. The third kappa shape index (κ3) is 3.93. The molecule has 6 rings (SSSR count). The summed E-state index contributed by atoms with van der Waals surface area (Å²) in [5, 5.41) is 1.97. The maximum absolute atomic E-state index is 13.3. The van der Waals surface area contributed by atoms with Gasteiger partial charge in [0.05, 0.1) is 32.6 Å². The van der Waals surface area contributed by atoms with Gasteiger partial charge in [-0.05, 0) is 72.8 Å². The Hall–Kier alpha value is -3.80. The summed E-state index contributed by atoms with van der Waals surface area (Å²) < 4.78 is 28.8. The lowest BCUT2D eigenvalue weighted by Gasteiger charge is -2.08. The van der Waals surface area contributed by atoms with E-state index in [9.17, 15) is 8.42 Å². The Kier molecular flexibility index (Phi) is 5.64. The SMILES string of the molecule is O=S(c1ccccc1)c1ccc2c(c1)c1cc(S(=O)c3ccccc3)ccc1n2-c1ccccc1. The van der Waals surface area contributed by atoms with Gasteiger partial charge in [0.15, 0.2) is 0 Å². The van der Waals surface area contributed by atoms with Gasteiger partial charge in [0.2, 0.25) is 0 Å². The molecule has 2 unspecified atom stereocenters. The number of benzene rings is 5. The summed E-state index contributed by atoms with van der Waals surface area (Å²) in [6.07, 6.45) is 0. The first-order chi connectivity index (χ1) is 17.2. The van der Waals surface area contributed by atoms with E-state index in [1.54, 1.807) is 0 Å². The summed E-state index contributed by atoms with van der Waals surface area (Å²) in [6.45, 7) is 0. The molecule has 1 aromatic heterocycles. The van der Waals surface area contributed by atoms with Crippen LogP contribution in [-0.4, -0.2) is 13.0 Å². The lowest BCUT2D eigenvalue weighted by molar-refractivity contribution is 0.682. The monoisotopic (exact) mass is 491 g/mol. The lowest BCUT2D eigenvalue weighted by Crippen LogP contribution is -1.95. The van der Waals surface area contributed by atoms with Crippen molar-refractivity contribution in [1.82, 2.24) is 4.57 Å². The summed E-state index contributed by atoms with van der Waals surface area (Å²) in [6, 6.07) is 41.1. The predicted octanol–water partition coefficient (Wildman–Crippen LogP) is 7.12. The van der Waals surface area contributed by atoms with Crippen molar-refractivity contribution in [1.29, 1.82) is 0 Å². The fourth-order valence-electron chi connectivity index (χ4n) is 4.43. The molecule has 0 aliphatic heterocycles. The molecule has 6 aromatic rings. The van der Waals surface area contributed by atoms with E-state index >= 15 is 0 Å². The van der Waals surface area contributed by atoms with Gasteiger partial charge in [-0.25, -0.2) is 8.42 Å². The van der Waals surface area contributed by atoms with E-state index < -0.39 is 21.6 Å². The van der Waals surface area contributed by atoms with Crippen molar-refractivity contribution >= 4 is 43.4 Å². The van der Waals surface area contributed by atoms with Crippen LogP contribution in [0.4, 0.5) is 0 Å². The molecule has 0 bridgehead atoms. The van der Waals surface area contributed by atoms with E-state index in [1.165, 1.54) is 0 Å². The highest BCUT2D eigenvalue weighted by molar-refractivity contribution is 7.85. The Bertz CT molecular complexity index is 1600. The molecule has 35 heavy (non-hydrogen) atoms. The number of rotatable bonds is 5. The van der Waals surface area contributed by atoms with E-state index in [1.807, 2.05) is 115 Å². The van der Waals surface area contributed by atoms with Gasteiger partial charge < -0.3 is 4.57 Å². The topological polar surface area (TPSA) is 39.1 Å². The summed E-state index contributed by atoms with van der Waals surface area (Å²) >= 11 is 0. The fraction of sp³-hybridized carbons (Fsp3) is 0. The molecular weight excluding hydrogens is 470 g/mol. The molecule has 1 heterocycles. The van der Waals surface area contributed by atoms with Gasteiger partial charge in [-0.15, -0.1) is 0 Å². The zero-order valence-electron chi connectivity index (χ0n) is 18.7. The zero-order chi connectivity index (χ0) is 23.8. The molecule has 3 nitrogen and oxygen atoms in total. The maximum Gasteiger partial charge on any atom is 0.0849 e. The molecule has 0 amide bonds. The molecule has 0 aliphatic rings. The first-order valence-electron chi connectivity index (χ1n) is 11.3. The standard InChI is InChI=1S/C30H21NO2S2/c32-34(23-12-6-2-7-13-23)25-16-18-29-27(20-25)28-21-26(35(33)24-14-8-3-9-15-24)17-19-30(28)31(29)22-10-4-1-5-11-22/h1-21H. The minimum atomic E-state index is -1.29. The first-order valence-corrected chi connectivity index (χ1v) is 13.6. The van der Waals surface area contributed by atoms with E-state index in [4.69, 9.17) is 0 Å². The molecule has 0 aliphatic carbocycles. The van der Waals surface area contributed by atoms with Crippen molar-refractivity contribution in [2.24, 2.45) is 0 Å². The lowest BCUT2D eigenvalue weighted by atomic mass is 10.1. The minimum Gasteiger partial charge on any atom is -0.309 e. The highest BCUT2D eigenvalue weighted by Crippen LogP contribution is 2.35. The summed E-state index contributed by atoms with van der Waals surface area (Å²) in [5.41, 5.74) is 3.08. The van der Waals surface area contributed by atoms with Crippen LogP contribution in [0.25, 0.3) is 27.5 Å². The minimum absolute atomic E-state index is 0.741. The molecule has 5 heteroatoms. The third-order valence-electron chi connectivity index (χ3n) is 6.07. The van der Waals surface area contributed by atoms with Crippen LogP contribution in [0.15, 0.2) is 147 Å². The molecule has 0 radical (unpaired) electrons. The van der Waals surface area contributed by atoms with Crippen molar-refractivity contribution in [2.45, 2.75) is 19.6 Å². The fourth-order valence-corrected chi connectivity index (χ4v) is 6.61. The largest absolute Gasteiger partial charge is 0.309 e. The molecule has 0 saturated carbocycles. The molecular formula is C30H21NO2S2. The maximum atomic E-state index is 13.3. The number of hydrogen-bond acceptors (Lipinski definition) is 2. The van der Waals surface area contributed by atoms with Gasteiger partial charge in [0, 0.05) is 36.0 Å². The number of para-hydroxylation sites is 1. The third-order valence-corrected chi connectivity index (χ3v) is 8.83. The van der Waals surface area contributed by atoms with Crippen LogP contribution in [0, 0.1) is 0 Å². The Balaban J connectivity index is 1.59. The van der Waals surface area contributed by atoms with Crippen LogP contribution < -0.4 is 0 Å². The van der Waals surface area contributed by atoms with E-state index in [-0.39, 0.29) is 0 Å². The van der Waals surface area contributed by atoms with E-state index in [0.717, 1.165) is 47.1 Å². The number of hydrogen-bond donors (Lipinski definition) is 0. The predicted molar refractivity (Wildman–Crippen MR) is 143 cm³/mol. The van der Waals surface area contributed by atoms with Crippen LogP contribution >= 0.6 is 0 Å². The number of fused-ring (bicyclic) bond motifs is 3. The van der Waals surface area contributed by atoms with Crippen molar-refractivity contribution in [2.75, 3.05) is 0 Å². The van der Waals surface area contributed by atoms with Gasteiger partial charge >= 0.3 is 0 Å². The number of nitrogens with zero attached hydrogens (tertiary/aromatic N) is 1. The van der Waals surface area contributed by atoms with Crippen LogP contribution in [0.1, 0.15) is 0 Å². The van der Waals surface area contributed by atoms with Crippen LogP contribution in [0.5, 0.6) is 0 Å². The van der Waals surface area contributed by atoms with Crippen LogP contribution in [0.3, 0.4) is 0 Å². The Morgan fingerprint density at radius 1 is 0.429 bits per heavy atom. The van der Waals surface area contributed by atoms with E-state index in [2.05, 4.69) is 16.7 Å². The normalized spacial score (nSPS) is 13.1. The quantitative estimate of drug-likeness (QED) is 0.258. The van der Waals surface area contributed by atoms with Crippen molar-refractivity contribution < 1.29 is 8.42 Å². The van der Waals surface area contributed by atoms with Gasteiger partial charge in [0.1, 0.15) is 0 Å². The summed E-state index contributed by atoms with van der Waals surface area (Å²) in [7, 11) is -2.59. The van der Waals surface area contributed by atoms with Gasteiger partial charge in [-0.2, -0.15) is 0 Å². The first kappa shape index (κ1) is 21.7. The molecule has 0 N–H and O–H groups in total. The Morgan fingerprint density at radius 2 is 0.829 bits per heavy atom. The highest BCUT2D eigenvalue weighted by atomic mass is 32.2. The molecule has 0 spiro atoms. The molecule has 0 fully saturated rings. The highest BCUT2D eigenvalue weighted by Gasteiger charge is 2.17. The summed E-state index contributed by atoms with van der Waals surface area (Å²) in [4.78, 5) is 3.02. The van der Waals surface area contributed by atoms with Crippen molar-refractivity contribution in [3.63, 3.8) is 0 Å². The number of aromatic nitrogens is 1. The molecule has 2 atom stereocenters. The second kappa shape index (κ2) is 9.10. The van der Waals surface area contributed by atoms with E-state index in [0.29, 0.717) is 0 Å². The molecule has 170 valence electrons. The average Bonchev–Trinajstić information content (AvgIpc) is 3.26. The van der Waals surface area contributed by atoms with Crippen LogP contribution in [0.2, 0.25) is 0 Å². The summed E-state index contributed by atoms with van der Waals surface area (Å²) in [5.74, 6) is 0. The smallest absolute Gasteiger partial charge is 0.0849 e. The second-order valence-electron chi connectivity index (χ2n) is 8.19. The average molecular weight is 492 g/mol. The second-order valence-corrected chi connectivity index (χ2v) is 11.2. The Labute approximate surface area is 208 Å². The van der Waals surface area contributed by atoms with Gasteiger partial charge in [-0.1, -0.05) is 54.6 Å². The molecule has 5 aromatic carbocycles.